The largest absolute Gasteiger partial charge is 0.273 e. The van der Waals surface area contributed by atoms with Gasteiger partial charge in [-0.1, -0.05) is 13.8 Å². The van der Waals surface area contributed by atoms with Crippen LogP contribution in [0.3, 0.4) is 0 Å². The van der Waals surface area contributed by atoms with E-state index in [1.54, 1.807) is 34.8 Å². The average molecular weight is 293 g/mol. The molecule has 17 heavy (non-hydrogen) atoms. The summed E-state index contributed by atoms with van der Waals surface area (Å²) in [5.41, 5.74) is 0. The van der Waals surface area contributed by atoms with Crippen molar-refractivity contribution in [3.05, 3.63) is 0 Å². The quantitative estimate of drug-likeness (QED) is 0.726. The number of nitrogens with zero attached hydrogens (tertiary/aromatic N) is 3. The second-order valence-electron chi connectivity index (χ2n) is 3.68. The van der Waals surface area contributed by atoms with E-state index in [2.05, 4.69) is 23.6 Å². The summed E-state index contributed by atoms with van der Waals surface area (Å²) in [7, 11) is -0.659. The first-order chi connectivity index (χ1) is 8.13. The van der Waals surface area contributed by atoms with E-state index in [-0.39, 0.29) is 5.91 Å². The molecule has 1 aliphatic rings. The predicted molar refractivity (Wildman–Crippen MR) is 80.1 cm³/mol. The second-order valence-corrected chi connectivity index (χ2v) is 8.28. The third-order valence-corrected chi connectivity index (χ3v) is 7.86. The van der Waals surface area contributed by atoms with E-state index in [9.17, 15) is 4.79 Å². The summed E-state index contributed by atoms with van der Waals surface area (Å²) in [4.78, 5) is 11.6. The molecule has 1 aliphatic heterocycles. The zero-order valence-corrected chi connectivity index (χ0v) is 13.4. The van der Waals surface area contributed by atoms with Crippen LogP contribution >= 0.6 is 30.6 Å². The molecule has 1 atom stereocenters. The van der Waals surface area contributed by atoms with Crippen molar-refractivity contribution in [3.8, 4) is 0 Å². The Hall–Kier alpha value is 0.230. The Morgan fingerprint density at radius 3 is 2.47 bits per heavy atom. The number of thioether (sulfide) groups is 1. The summed E-state index contributed by atoms with van der Waals surface area (Å²) in [6, 6.07) is 0. The van der Waals surface area contributed by atoms with Crippen molar-refractivity contribution in [2.24, 2.45) is 5.10 Å². The van der Waals surface area contributed by atoms with Gasteiger partial charge in [0, 0.05) is 20.0 Å². The third kappa shape index (κ3) is 4.12. The maximum absolute atomic E-state index is 11.6. The minimum atomic E-state index is -0.659. The predicted octanol–water partition coefficient (Wildman–Crippen LogP) is 3.56. The van der Waals surface area contributed by atoms with Gasteiger partial charge in [0.2, 0.25) is 5.91 Å². The second kappa shape index (κ2) is 7.62. The van der Waals surface area contributed by atoms with E-state index in [1.165, 1.54) is 0 Å². The van der Waals surface area contributed by atoms with Gasteiger partial charge in [-0.2, -0.15) is 9.88 Å². The summed E-state index contributed by atoms with van der Waals surface area (Å²) < 4.78 is 5.08. The maximum Gasteiger partial charge on any atom is 0.244 e. The summed E-state index contributed by atoms with van der Waals surface area (Å²) in [5, 5.41) is 4.39. The molecule has 0 radical (unpaired) electrons. The SMILES string of the molecule is CCCN(CCC)P1SC(SC)=NN1C(C)=O. The molecule has 0 spiro atoms. The number of hydrogen-bond donors (Lipinski definition) is 0. The Kier molecular flexibility index (Phi) is 6.85. The highest BCUT2D eigenvalue weighted by molar-refractivity contribution is 8.69. The summed E-state index contributed by atoms with van der Waals surface area (Å²) in [5.74, 6) is 0.0462. The molecule has 1 heterocycles. The van der Waals surface area contributed by atoms with Crippen LogP contribution in [0.25, 0.3) is 0 Å². The van der Waals surface area contributed by atoms with Crippen molar-refractivity contribution in [1.29, 1.82) is 0 Å². The highest BCUT2D eigenvalue weighted by Gasteiger charge is 2.34. The highest BCUT2D eigenvalue weighted by atomic mass is 32.7. The molecule has 0 N–H and O–H groups in total. The van der Waals surface area contributed by atoms with Gasteiger partial charge in [0.05, 0.1) is 0 Å². The molecule has 0 aromatic carbocycles. The van der Waals surface area contributed by atoms with Gasteiger partial charge < -0.3 is 0 Å². The van der Waals surface area contributed by atoms with Crippen LogP contribution in [0.5, 0.6) is 0 Å². The minimum Gasteiger partial charge on any atom is -0.273 e. The van der Waals surface area contributed by atoms with Crippen molar-refractivity contribution in [2.75, 3.05) is 19.3 Å². The lowest BCUT2D eigenvalue weighted by atomic mass is 10.4. The van der Waals surface area contributed by atoms with Gasteiger partial charge in [0.25, 0.3) is 0 Å². The summed E-state index contributed by atoms with van der Waals surface area (Å²) in [6.45, 7) is 8.01. The monoisotopic (exact) mass is 293 g/mol. The fraction of sp³-hybridized carbons (Fsp3) is 0.800. The zero-order valence-electron chi connectivity index (χ0n) is 10.8. The van der Waals surface area contributed by atoms with Gasteiger partial charge in [0.1, 0.15) is 0 Å². The van der Waals surface area contributed by atoms with Crippen molar-refractivity contribution in [2.45, 2.75) is 33.6 Å². The lowest BCUT2D eigenvalue weighted by Gasteiger charge is -2.30. The van der Waals surface area contributed by atoms with Gasteiger partial charge in [-0.15, -0.1) is 11.8 Å². The van der Waals surface area contributed by atoms with Gasteiger partial charge in [-0.3, -0.25) is 9.46 Å². The molecule has 0 bridgehead atoms. The normalized spacial score (nSPS) is 19.9. The fourth-order valence-electron chi connectivity index (χ4n) is 1.49. The van der Waals surface area contributed by atoms with Crippen LogP contribution in [0, 0.1) is 0 Å². The van der Waals surface area contributed by atoms with Gasteiger partial charge in [0.15, 0.2) is 11.8 Å². The van der Waals surface area contributed by atoms with Crippen LogP contribution in [0.2, 0.25) is 0 Å². The lowest BCUT2D eigenvalue weighted by molar-refractivity contribution is -0.124. The van der Waals surface area contributed by atoms with Crippen molar-refractivity contribution in [3.63, 3.8) is 0 Å². The number of carbonyl (C=O) groups is 1. The van der Waals surface area contributed by atoms with Crippen molar-refractivity contribution >= 4 is 40.9 Å². The van der Waals surface area contributed by atoms with E-state index >= 15 is 0 Å². The van der Waals surface area contributed by atoms with Crippen LogP contribution in [-0.4, -0.2) is 39.1 Å². The van der Waals surface area contributed by atoms with E-state index < -0.39 is 7.42 Å². The lowest BCUT2D eigenvalue weighted by Crippen LogP contribution is -2.26. The number of hydrogen-bond acceptors (Lipinski definition) is 5. The summed E-state index contributed by atoms with van der Waals surface area (Å²) in [6.07, 6.45) is 4.23. The molecule has 0 saturated heterocycles. The van der Waals surface area contributed by atoms with Gasteiger partial charge in [-0.25, -0.2) is 0 Å². The molecule has 98 valence electrons. The van der Waals surface area contributed by atoms with Crippen LogP contribution < -0.4 is 0 Å². The molecule has 4 nitrogen and oxygen atoms in total. The number of carbonyl (C=O) groups excluding carboxylic acids is 1. The van der Waals surface area contributed by atoms with E-state index in [1.807, 2.05) is 6.26 Å². The Morgan fingerprint density at radius 2 is 2.06 bits per heavy atom. The molecule has 0 aliphatic carbocycles. The molecule has 1 rings (SSSR count). The van der Waals surface area contributed by atoms with E-state index in [4.69, 9.17) is 0 Å². The van der Waals surface area contributed by atoms with E-state index in [0.717, 1.165) is 30.3 Å². The average Bonchev–Trinajstić information content (AvgIpc) is 2.72. The van der Waals surface area contributed by atoms with Crippen molar-refractivity contribution in [1.82, 2.24) is 9.45 Å². The van der Waals surface area contributed by atoms with Crippen LogP contribution in [0.1, 0.15) is 33.6 Å². The first kappa shape index (κ1) is 15.3. The third-order valence-electron chi connectivity index (χ3n) is 2.16. The smallest absolute Gasteiger partial charge is 0.244 e. The van der Waals surface area contributed by atoms with Crippen molar-refractivity contribution < 1.29 is 4.79 Å². The molecule has 1 amide bonds. The van der Waals surface area contributed by atoms with Crippen LogP contribution in [0.4, 0.5) is 0 Å². The Balaban J connectivity index is 2.76. The van der Waals surface area contributed by atoms with Crippen LogP contribution in [0.15, 0.2) is 5.10 Å². The van der Waals surface area contributed by atoms with Gasteiger partial charge >= 0.3 is 0 Å². The molecule has 0 aromatic heterocycles. The molecule has 0 fully saturated rings. The number of rotatable bonds is 5. The first-order valence-corrected chi connectivity index (χ1v) is 9.69. The minimum absolute atomic E-state index is 0.0462. The molecule has 1 unspecified atom stereocenters. The molecular formula is C10H20N3OPS2. The summed E-state index contributed by atoms with van der Waals surface area (Å²) >= 11 is 3.36. The molecule has 7 heteroatoms. The molecular weight excluding hydrogens is 273 g/mol. The Morgan fingerprint density at radius 1 is 1.47 bits per heavy atom. The molecule has 0 saturated carbocycles. The Labute approximate surface area is 113 Å². The number of amides is 1. The maximum atomic E-state index is 11.6. The fourth-order valence-corrected chi connectivity index (χ4v) is 7.23. The first-order valence-electron chi connectivity index (χ1n) is 5.80. The topological polar surface area (TPSA) is 35.9 Å². The van der Waals surface area contributed by atoms with Crippen LogP contribution in [-0.2, 0) is 4.79 Å². The van der Waals surface area contributed by atoms with Gasteiger partial charge in [-0.05, 0) is 30.5 Å². The zero-order chi connectivity index (χ0) is 12.8. The Bertz CT molecular complexity index is 295. The standard InChI is InChI=1S/C10H20N3OPS2/c1-5-7-12(8-6-2)15-13(9(3)14)11-10(16-4)17-15/h5-8H2,1-4H3. The van der Waals surface area contributed by atoms with E-state index in [0.29, 0.717) is 0 Å². The molecule has 0 aromatic rings. The highest BCUT2D eigenvalue weighted by Crippen LogP contribution is 2.62. The number of hydrazone groups is 1.